The molecule has 0 spiro atoms. The van der Waals surface area contributed by atoms with Crippen molar-refractivity contribution in [3.63, 3.8) is 0 Å². The first-order chi connectivity index (χ1) is 9.81. The van der Waals surface area contributed by atoms with Gasteiger partial charge >= 0.3 is 0 Å². The molecule has 1 amide bonds. The molecule has 7 heteroatoms. The van der Waals surface area contributed by atoms with E-state index < -0.39 is 0 Å². The Bertz CT molecular complexity index is 540. The van der Waals surface area contributed by atoms with Crippen LogP contribution >= 0.6 is 11.3 Å². The minimum atomic E-state index is 0.557. The molecule has 0 atom stereocenters. The lowest BCUT2D eigenvalue weighted by Gasteiger charge is -2.02. The number of unbranched alkanes of at least 4 members (excludes halogenated alkanes) is 1. The van der Waals surface area contributed by atoms with Crippen molar-refractivity contribution >= 4 is 28.7 Å². The molecule has 2 aromatic rings. The highest BCUT2D eigenvalue weighted by Gasteiger charge is 2.03. The van der Waals surface area contributed by atoms with Crippen LogP contribution in [0.3, 0.4) is 0 Å². The van der Waals surface area contributed by atoms with Gasteiger partial charge in [-0.05, 0) is 30.9 Å². The molecule has 0 aliphatic heterocycles. The van der Waals surface area contributed by atoms with Crippen LogP contribution in [-0.4, -0.2) is 28.6 Å². The van der Waals surface area contributed by atoms with Crippen LogP contribution in [0.2, 0.25) is 0 Å². The number of carbonyl (C=O) groups is 1. The summed E-state index contributed by atoms with van der Waals surface area (Å²) in [5.74, 6) is 0.887. The number of anilines is 2. The number of amides is 1. The molecule has 0 saturated carbocycles. The molecule has 6 nitrogen and oxygen atoms in total. The van der Waals surface area contributed by atoms with Crippen LogP contribution in [-0.2, 0) is 17.6 Å². The molecule has 20 heavy (non-hydrogen) atoms. The van der Waals surface area contributed by atoms with Gasteiger partial charge in [0, 0.05) is 19.7 Å². The molecule has 2 heterocycles. The predicted octanol–water partition coefficient (Wildman–Crippen LogP) is 2.11. The number of aryl methyl sites for hydroxylation is 2. The predicted molar refractivity (Wildman–Crippen MR) is 80.0 cm³/mol. The lowest BCUT2D eigenvalue weighted by Crippen LogP contribution is -1.94. The highest BCUT2D eigenvalue weighted by molar-refractivity contribution is 7.15. The lowest BCUT2D eigenvalue weighted by atomic mass is 10.1. The van der Waals surface area contributed by atoms with Gasteiger partial charge in [-0.1, -0.05) is 17.4 Å². The minimum Gasteiger partial charge on any atom is -0.373 e. The van der Waals surface area contributed by atoms with E-state index in [4.69, 9.17) is 0 Å². The molecule has 0 aliphatic carbocycles. The third-order valence-electron chi connectivity index (χ3n) is 2.84. The van der Waals surface area contributed by atoms with Gasteiger partial charge in [-0.2, -0.15) is 0 Å². The number of carbonyl (C=O) groups excluding carboxylic acids is 1. The van der Waals surface area contributed by atoms with E-state index in [-0.39, 0.29) is 0 Å². The van der Waals surface area contributed by atoms with Crippen LogP contribution < -0.4 is 10.6 Å². The number of hydrogen-bond donors (Lipinski definition) is 2. The van der Waals surface area contributed by atoms with Gasteiger partial charge in [0.1, 0.15) is 10.8 Å². The zero-order chi connectivity index (χ0) is 14.2. The fourth-order valence-corrected chi connectivity index (χ4v) is 2.53. The van der Waals surface area contributed by atoms with Gasteiger partial charge in [0.25, 0.3) is 0 Å². The van der Waals surface area contributed by atoms with Gasteiger partial charge in [0.2, 0.25) is 11.5 Å². The zero-order valence-corrected chi connectivity index (χ0v) is 12.1. The number of aromatic nitrogens is 3. The highest BCUT2D eigenvalue weighted by atomic mass is 32.1. The fraction of sp³-hybridized carbons (Fsp3) is 0.385. The minimum absolute atomic E-state index is 0.557. The number of pyridine rings is 1. The van der Waals surface area contributed by atoms with Crippen molar-refractivity contribution in [1.82, 2.24) is 15.2 Å². The number of rotatable bonds is 8. The van der Waals surface area contributed by atoms with Crippen molar-refractivity contribution in [2.45, 2.75) is 25.7 Å². The quantitative estimate of drug-likeness (QED) is 0.575. The maximum absolute atomic E-state index is 10.3. The monoisotopic (exact) mass is 291 g/mol. The topological polar surface area (TPSA) is 79.8 Å². The van der Waals surface area contributed by atoms with Crippen molar-refractivity contribution < 1.29 is 4.79 Å². The van der Waals surface area contributed by atoms with E-state index in [0.717, 1.165) is 36.5 Å². The molecule has 2 aromatic heterocycles. The summed E-state index contributed by atoms with van der Waals surface area (Å²) < 4.78 is 0. The second kappa shape index (κ2) is 7.54. The van der Waals surface area contributed by atoms with E-state index in [0.29, 0.717) is 11.5 Å². The van der Waals surface area contributed by atoms with E-state index in [1.54, 1.807) is 0 Å². The third kappa shape index (κ3) is 4.27. The first-order valence-electron chi connectivity index (χ1n) is 6.47. The Labute approximate surface area is 121 Å². The molecule has 106 valence electrons. The van der Waals surface area contributed by atoms with Crippen LogP contribution in [0.5, 0.6) is 0 Å². The van der Waals surface area contributed by atoms with Crippen molar-refractivity contribution in [3.05, 3.63) is 28.9 Å². The summed E-state index contributed by atoms with van der Waals surface area (Å²) in [6, 6.07) is 4.08. The van der Waals surface area contributed by atoms with Crippen molar-refractivity contribution in [2.24, 2.45) is 0 Å². The summed E-state index contributed by atoms with van der Waals surface area (Å²) in [4.78, 5) is 14.5. The second-order valence-corrected chi connectivity index (χ2v) is 5.33. The van der Waals surface area contributed by atoms with Gasteiger partial charge in [0.15, 0.2) is 0 Å². The van der Waals surface area contributed by atoms with Crippen molar-refractivity contribution in [2.75, 3.05) is 17.7 Å². The molecule has 0 radical (unpaired) electrons. The SMILES string of the molecule is CNc1ccc(CCCCc2nnc(NC=O)s2)cn1. The first kappa shape index (κ1) is 14.4. The van der Waals surface area contributed by atoms with Crippen LogP contribution in [0, 0.1) is 0 Å². The van der Waals surface area contributed by atoms with Gasteiger partial charge in [-0.15, -0.1) is 10.2 Å². The Morgan fingerprint density at radius 1 is 1.25 bits per heavy atom. The van der Waals surface area contributed by atoms with Crippen LogP contribution in [0.15, 0.2) is 18.3 Å². The van der Waals surface area contributed by atoms with E-state index in [9.17, 15) is 4.79 Å². The number of nitrogens with zero attached hydrogens (tertiary/aromatic N) is 3. The Morgan fingerprint density at radius 2 is 2.10 bits per heavy atom. The Balaban J connectivity index is 1.71. The highest BCUT2D eigenvalue weighted by Crippen LogP contribution is 2.17. The molecular weight excluding hydrogens is 274 g/mol. The van der Waals surface area contributed by atoms with Gasteiger partial charge in [-0.3, -0.25) is 4.79 Å². The molecular formula is C13H17N5OS. The van der Waals surface area contributed by atoms with Gasteiger partial charge in [0.05, 0.1) is 0 Å². The maximum atomic E-state index is 10.3. The largest absolute Gasteiger partial charge is 0.373 e. The van der Waals surface area contributed by atoms with E-state index in [2.05, 4.69) is 31.9 Å². The molecule has 0 aliphatic rings. The first-order valence-corrected chi connectivity index (χ1v) is 7.28. The average Bonchev–Trinajstić information content (AvgIpc) is 2.92. The Morgan fingerprint density at radius 3 is 2.80 bits per heavy atom. The lowest BCUT2D eigenvalue weighted by molar-refractivity contribution is -0.105. The van der Waals surface area contributed by atoms with E-state index in [1.165, 1.54) is 16.9 Å². The molecule has 2 rings (SSSR count). The average molecular weight is 291 g/mol. The normalized spacial score (nSPS) is 10.2. The van der Waals surface area contributed by atoms with Crippen LogP contribution in [0.4, 0.5) is 10.9 Å². The zero-order valence-electron chi connectivity index (χ0n) is 11.3. The van der Waals surface area contributed by atoms with Crippen LogP contribution in [0.25, 0.3) is 0 Å². The number of hydrogen-bond acceptors (Lipinski definition) is 6. The molecule has 0 aromatic carbocycles. The molecule has 0 bridgehead atoms. The maximum Gasteiger partial charge on any atom is 0.213 e. The van der Waals surface area contributed by atoms with Gasteiger partial charge in [-0.25, -0.2) is 4.98 Å². The Kier molecular flexibility index (Phi) is 5.43. The van der Waals surface area contributed by atoms with Crippen LogP contribution in [0.1, 0.15) is 23.4 Å². The summed E-state index contributed by atoms with van der Waals surface area (Å²) in [6.45, 7) is 0. The van der Waals surface area contributed by atoms with Gasteiger partial charge < -0.3 is 10.6 Å². The smallest absolute Gasteiger partial charge is 0.213 e. The van der Waals surface area contributed by atoms with Crippen molar-refractivity contribution in [1.29, 1.82) is 0 Å². The molecule has 0 fully saturated rings. The molecule has 0 unspecified atom stereocenters. The summed E-state index contributed by atoms with van der Waals surface area (Å²) in [5, 5.41) is 14.9. The summed E-state index contributed by atoms with van der Waals surface area (Å²) in [7, 11) is 1.86. The standard InChI is InChI=1S/C13H17N5OS/c1-14-11-7-6-10(8-15-11)4-2-3-5-12-17-18-13(20-12)16-9-19/h6-9H,2-5H2,1H3,(H,14,15)(H,16,18,19). The molecule has 0 saturated heterocycles. The van der Waals surface area contributed by atoms with Crippen molar-refractivity contribution in [3.8, 4) is 0 Å². The summed E-state index contributed by atoms with van der Waals surface area (Å²) >= 11 is 1.42. The second-order valence-electron chi connectivity index (χ2n) is 4.27. The summed E-state index contributed by atoms with van der Waals surface area (Å²) in [6.07, 6.45) is 6.55. The number of nitrogens with one attached hydrogen (secondary N) is 2. The fourth-order valence-electron chi connectivity index (χ4n) is 1.79. The van der Waals surface area contributed by atoms with E-state index in [1.807, 2.05) is 19.3 Å². The van der Waals surface area contributed by atoms with E-state index >= 15 is 0 Å². The Hall–Kier alpha value is -2.02. The molecule has 2 N–H and O–H groups in total. The summed E-state index contributed by atoms with van der Waals surface area (Å²) in [5.41, 5.74) is 1.24. The third-order valence-corrected chi connectivity index (χ3v) is 3.75.